The summed E-state index contributed by atoms with van der Waals surface area (Å²) in [6.45, 7) is 10.6. The van der Waals surface area contributed by atoms with Crippen molar-refractivity contribution in [2.75, 3.05) is 5.75 Å². The number of alkyl halides is 3. The van der Waals surface area contributed by atoms with Gasteiger partial charge >= 0.3 is 0 Å². The zero-order chi connectivity index (χ0) is 15.5. The second kappa shape index (κ2) is 6.36. The molecule has 0 atom stereocenters. The van der Waals surface area contributed by atoms with Crippen molar-refractivity contribution in [3.05, 3.63) is 0 Å². The molecule has 0 aliphatic heterocycles. The highest BCUT2D eigenvalue weighted by Crippen LogP contribution is 2.44. The van der Waals surface area contributed by atoms with Gasteiger partial charge in [-0.15, -0.1) is 0 Å². The number of hydrogen-bond donors (Lipinski definition) is 0. The molecule has 0 amide bonds. The Morgan fingerprint density at radius 2 is 1.47 bits per heavy atom. The van der Waals surface area contributed by atoms with Gasteiger partial charge in [-0.05, 0) is 24.0 Å². The van der Waals surface area contributed by atoms with Crippen LogP contribution < -0.4 is 0 Å². The van der Waals surface area contributed by atoms with Gasteiger partial charge in [-0.3, -0.25) is 4.39 Å². The van der Waals surface area contributed by atoms with E-state index in [1.54, 1.807) is 11.8 Å². The summed E-state index contributed by atoms with van der Waals surface area (Å²) in [5.41, 5.74) is -3.33. The van der Waals surface area contributed by atoms with Gasteiger partial charge in [-0.25, -0.2) is 8.78 Å². The van der Waals surface area contributed by atoms with Crippen LogP contribution in [0.5, 0.6) is 0 Å². The van der Waals surface area contributed by atoms with Gasteiger partial charge in [0.2, 0.25) is 0 Å². The summed E-state index contributed by atoms with van der Waals surface area (Å²) in [6.07, 6.45) is 0.551. The number of thioether (sulfide) groups is 1. The maximum Gasteiger partial charge on any atom is 0.264 e. The van der Waals surface area contributed by atoms with Crippen molar-refractivity contribution >= 4 is 27.5 Å². The zero-order valence-electron chi connectivity index (χ0n) is 12.5. The van der Waals surface area contributed by atoms with Gasteiger partial charge in [-0.2, -0.15) is 11.8 Å². The lowest BCUT2D eigenvalue weighted by Gasteiger charge is -2.41. The average molecular weight is 290 g/mol. The minimum Gasteiger partial charge on any atom is -0.259 e. The molecule has 19 heavy (non-hydrogen) atoms. The van der Waals surface area contributed by atoms with Crippen LogP contribution in [0.15, 0.2) is 0 Å². The largest absolute Gasteiger partial charge is 0.264 e. The van der Waals surface area contributed by atoms with Gasteiger partial charge in [0.05, 0.1) is 5.47 Å². The first kappa shape index (κ1) is 19.3. The molecule has 0 fully saturated rings. The second-order valence-corrected chi connectivity index (χ2v) is 7.89. The molecule has 0 N–H and O–H groups in total. The van der Waals surface area contributed by atoms with Crippen molar-refractivity contribution in [3.8, 4) is 0 Å². The van der Waals surface area contributed by atoms with Crippen molar-refractivity contribution in [2.45, 2.75) is 70.0 Å². The van der Waals surface area contributed by atoms with Gasteiger partial charge in [0.15, 0.2) is 0 Å². The molecule has 0 spiro atoms. The van der Waals surface area contributed by atoms with E-state index < -0.39 is 17.8 Å². The third kappa shape index (κ3) is 5.28. The van der Waals surface area contributed by atoms with E-state index in [9.17, 15) is 13.2 Å². The molecule has 0 bridgehead atoms. The van der Waals surface area contributed by atoms with Crippen LogP contribution in [-0.2, 0) is 0 Å². The van der Waals surface area contributed by atoms with Gasteiger partial charge in [0.1, 0.15) is 15.7 Å². The topological polar surface area (TPSA) is 0 Å². The molecule has 108 valence electrons. The number of hydrogen-bond acceptors (Lipinski definition) is 1. The van der Waals surface area contributed by atoms with Gasteiger partial charge in [0.25, 0.3) is 5.92 Å². The molecular weight excluding hydrogens is 267 g/mol. The summed E-state index contributed by atoms with van der Waals surface area (Å²) in [5, 5.41) is 0. The van der Waals surface area contributed by atoms with Crippen LogP contribution in [0, 0.1) is 5.41 Å². The molecule has 0 rings (SSSR count). The molecule has 4 radical (unpaired) electrons. The monoisotopic (exact) mass is 290 g/mol. The first-order valence-corrected chi connectivity index (χ1v) is 7.54. The summed E-state index contributed by atoms with van der Waals surface area (Å²) in [6, 6.07) is 0. The lowest BCUT2D eigenvalue weighted by molar-refractivity contribution is -0.0660. The quantitative estimate of drug-likeness (QED) is 0.474. The van der Waals surface area contributed by atoms with Crippen molar-refractivity contribution in [1.82, 2.24) is 0 Å². The molecule has 0 aromatic heterocycles. The van der Waals surface area contributed by atoms with E-state index in [1.807, 2.05) is 0 Å². The van der Waals surface area contributed by atoms with Crippen LogP contribution in [-0.4, -0.2) is 37.6 Å². The van der Waals surface area contributed by atoms with Crippen LogP contribution >= 0.6 is 11.8 Å². The zero-order valence-corrected chi connectivity index (χ0v) is 13.3. The van der Waals surface area contributed by atoms with E-state index in [0.717, 1.165) is 6.42 Å². The maximum absolute atomic E-state index is 13.2. The fraction of sp³-hybridized carbons (Fsp3) is 1.00. The summed E-state index contributed by atoms with van der Waals surface area (Å²) in [4.78, 5) is 0. The van der Waals surface area contributed by atoms with Crippen molar-refractivity contribution in [2.24, 2.45) is 5.41 Å². The fourth-order valence-corrected chi connectivity index (χ4v) is 2.77. The highest BCUT2D eigenvalue weighted by Gasteiger charge is 2.45. The Bertz CT molecular complexity index is 286. The summed E-state index contributed by atoms with van der Waals surface area (Å²) in [5.74, 6) is -3.15. The van der Waals surface area contributed by atoms with E-state index in [2.05, 4.69) is 50.3 Å². The summed E-state index contributed by atoms with van der Waals surface area (Å²) < 4.78 is 39.3. The van der Waals surface area contributed by atoms with Crippen molar-refractivity contribution in [1.29, 1.82) is 0 Å². The van der Waals surface area contributed by atoms with Gasteiger partial charge in [-0.1, -0.05) is 34.6 Å². The standard InChI is InChI=1S/C13H23B2F3S/c1-6-10(2,3)11(4,5)19-9-7-8-12(16,17)13(14,15)18/h6-9H2,1-5H3. The Balaban J connectivity index is 4.27. The molecular formula is C13H23B2F3S. The Kier molecular flexibility index (Phi) is 6.45. The molecule has 0 saturated carbocycles. The summed E-state index contributed by atoms with van der Waals surface area (Å²) in [7, 11) is 9.25. The van der Waals surface area contributed by atoms with Gasteiger partial charge < -0.3 is 0 Å². The van der Waals surface area contributed by atoms with Crippen LogP contribution in [0.1, 0.15) is 53.9 Å². The Labute approximate surface area is 122 Å². The third-order valence-electron chi connectivity index (χ3n) is 4.17. The Hall–Kier alpha value is 0.270. The van der Waals surface area contributed by atoms with Crippen LogP contribution in [0.2, 0.25) is 0 Å². The third-order valence-corrected chi connectivity index (χ3v) is 5.94. The van der Waals surface area contributed by atoms with Crippen molar-refractivity contribution in [3.63, 3.8) is 0 Å². The molecule has 0 saturated heterocycles. The maximum atomic E-state index is 13.2. The smallest absolute Gasteiger partial charge is 0.259 e. The van der Waals surface area contributed by atoms with E-state index in [0.29, 0.717) is 5.75 Å². The average Bonchev–Trinajstić information content (AvgIpc) is 2.22. The highest BCUT2D eigenvalue weighted by molar-refractivity contribution is 8.00. The lowest BCUT2D eigenvalue weighted by Crippen LogP contribution is -2.45. The predicted octanol–water partition coefficient (Wildman–Crippen LogP) is 4.31. The van der Waals surface area contributed by atoms with E-state index in [4.69, 9.17) is 0 Å². The molecule has 0 aliphatic carbocycles. The first-order valence-electron chi connectivity index (χ1n) is 6.55. The number of halogens is 3. The fourth-order valence-electron chi connectivity index (χ4n) is 1.43. The lowest BCUT2D eigenvalue weighted by atomic mass is 9.62. The first-order chi connectivity index (χ1) is 8.27. The number of rotatable bonds is 8. The molecule has 0 aromatic carbocycles. The van der Waals surface area contributed by atoms with Crippen LogP contribution in [0.3, 0.4) is 0 Å². The van der Waals surface area contributed by atoms with E-state index in [-0.39, 0.29) is 16.6 Å². The predicted molar refractivity (Wildman–Crippen MR) is 80.1 cm³/mol. The minimum atomic E-state index is -3.68. The Morgan fingerprint density at radius 3 is 1.84 bits per heavy atom. The normalized spacial score (nSPS) is 14.7. The van der Waals surface area contributed by atoms with Crippen LogP contribution in [0.25, 0.3) is 0 Å². The molecule has 0 aliphatic rings. The molecule has 0 nitrogen and oxygen atoms in total. The van der Waals surface area contributed by atoms with E-state index >= 15 is 0 Å². The molecule has 0 unspecified atom stereocenters. The minimum absolute atomic E-state index is 0.0325. The van der Waals surface area contributed by atoms with Gasteiger partial charge in [0, 0.05) is 11.2 Å². The Morgan fingerprint density at radius 1 is 1.00 bits per heavy atom. The summed E-state index contributed by atoms with van der Waals surface area (Å²) >= 11 is 1.62. The highest BCUT2D eigenvalue weighted by atomic mass is 32.2. The second-order valence-electron chi connectivity index (χ2n) is 6.17. The van der Waals surface area contributed by atoms with Crippen molar-refractivity contribution < 1.29 is 13.2 Å². The molecule has 0 heterocycles. The molecule has 0 aromatic rings. The molecule has 6 heteroatoms. The van der Waals surface area contributed by atoms with Crippen LogP contribution in [0.4, 0.5) is 13.2 Å². The van der Waals surface area contributed by atoms with E-state index in [1.165, 1.54) is 0 Å². The SMILES string of the molecule is [B]C([B])(F)C(F)(F)CCCSC(C)(C)C(C)(C)CC.